The number of allylic oxidation sites excluding steroid dienone is 4. The van der Waals surface area contributed by atoms with Crippen LogP contribution in [0.3, 0.4) is 0 Å². The van der Waals surface area contributed by atoms with Crippen LogP contribution in [0.1, 0.15) is 79.5 Å². The van der Waals surface area contributed by atoms with Crippen LogP contribution in [0.25, 0.3) is 33.4 Å². The van der Waals surface area contributed by atoms with Gasteiger partial charge in [-0.2, -0.15) is 0 Å². The van der Waals surface area contributed by atoms with Crippen molar-refractivity contribution in [3.8, 4) is 33.4 Å². The maximum Gasteiger partial charge on any atom is 0.0529 e. The van der Waals surface area contributed by atoms with Crippen LogP contribution in [-0.4, -0.2) is 0 Å². The van der Waals surface area contributed by atoms with Crippen molar-refractivity contribution in [1.82, 2.24) is 0 Å². The first-order valence-electron chi connectivity index (χ1n) is 18.9. The molecule has 0 spiro atoms. The zero-order valence-corrected chi connectivity index (χ0v) is 31.5. The number of fused-ring (bicyclic) bond motifs is 6. The summed E-state index contributed by atoms with van der Waals surface area (Å²) < 4.78 is 0. The number of nitrogens with zero attached hydrogens (tertiary/aromatic N) is 1. The standard InChI is InChI=1S/C51H47N/c1-32-20-22-35(23-21-32)36-28-34(3)49(44(29-36)39-15-9-8-14-33(39)2)52(37-24-26-42-40-16-10-12-18-45(40)50(4,5)47(42)30-37)38-25-27-43-41-17-11-13-19-46(41)51(6,7)48(43)31-38/h8-31,33,39H,1-7H3. The zero-order valence-electron chi connectivity index (χ0n) is 31.5. The SMILES string of the molecule is Cc1ccc(-c2cc(C)c(N(c3ccc4c(c3)C(C)(C)c3ccccc3-4)c3ccc4c(c3)C(C)(C)c3ccccc3-4)c(C3C=CC=CC3C)c2)cc1. The van der Waals surface area contributed by atoms with Crippen molar-refractivity contribution in [2.45, 2.75) is 65.2 Å². The Kier molecular flexibility index (Phi) is 7.39. The molecule has 1 nitrogen and oxygen atoms in total. The lowest BCUT2D eigenvalue weighted by atomic mass is 9.80. The molecule has 0 radical (unpaired) electrons. The van der Waals surface area contributed by atoms with Crippen molar-refractivity contribution in [3.63, 3.8) is 0 Å². The molecule has 0 aromatic heterocycles. The highest BCUT2D eigenvalue weighted by atomic mass is 15.1. The summed E-state index contributed by atoms with van der Waals surface area (Å²) in [6.07, 6.45) is 9.20. The summed E-state index contributed by atoms with van der Waals surface area (Å²) in [5, 5.41) is 0. The monoisotopic (exact) mass is 673 g/mol. The lowest BCUT2D eigenvalue weighted by molar-refractivity contribution is 0.635. The van der Waals surface area contributed by atoms with Crippen molar-refractivity contribution in [3.05, 3.63) is 185 Å². The van der Waals surface area contributed by atoms with E-state index in [0.29, 0.717) is 5.92 Å². The Balaban J connectivity index is 1.31. The molecule has 0 amide bonds. The predicted octanol–water partition coefficient (Wildman–Crippen LogP) is 13.9. The summed E-state index contributed by atoms with van der Waals surface area (Å²) in [4.78, 5) is 2.58. The Morgan fingerprint density at radius 2 is 1.02 bits per heavy atom. The lowest BCUT2D eigenvalue weighted by Gasteiger charge is -2.35. The summed E-state index contributed by atoms with van der Waals surface area (Å²) >= 11 is 0. The van der Waals surface area contributed by atoms with Crippen LogP contribution in [0.4, 0.5) is 17.1 Å². The molecule has 0 saturated heterocycles. The van der Waals surface area contributed by atoms with E-state index in [0.717, 1.165) is 0 Å². The Hall–Kier alpha value is -5.40. The predicted molar refractivity (Wildman–Crippen MR) is 221 cm³/mol. The van der Waals surface area contributed by atoms with Crippen molar-refractivity contribution < 1.29 is 0 Å². The van der Waals surface area contributed by atoms with E-state index in [4.69, 9.17) is 0 Å². The van der Waals surface area contributed by atoms with Crippen LogP contribution in [0.5, 0.6) is 0 Å². The second kappa shape index (κ2) is 11.8. The average Bonchev–Trinajstić information content (AvgIpc) is 3.52. The molecule has 6 aromatic carbocycles. The van der Waals surface area contributed by atoms with Gasteiger partial charge in [0.05, 0.1) is 5.69 Å². The average molecular weight is 674 g/mol. The van der Waals surface area contributed by atoms with Crippen LogP contribution >= 0.6 is 0 Å². The first-order valence-corrected chi connectivity index (χ1v) is 18.9. The third-order valence-corrected chi connectivity index (χ3v) is 12.4. The molecular weight excluding hydrogens is 627 g/mol. The molecular formula is C51H47N. The Morgan fingerprint density at radius 1 is 0.500 bits per heavy atom. The van der Waals surface area contributed by atoms with E-state index in [1.807, 2.05) is 0 Å². The smallest absolute Gasteiger partial charge is 0.0529 e. The maximum absolute atomic E-state index is 2.58. The van der Waals surface area contributed by atoms with Crippen molar-refractivity contribution in [1.29, 1.82) is 0 Å². The van der Waals surface area contributed by atoms with Crippen LogP contribution < -0.4 is 4.90 Å². The van der Waals surface area contributed by atoms with Crippen LogP contribution in [0, 0.1) is 19.8 Å². The molecule has 0 fully saturated rings. The van der Waals surface area contributed by atoms with E-state index in [9.17, 15) is 0 Å². The summed E-state index contributed by atoms with van der Waals surface area (Å²) in [6.45, 7) is 16.4. The molecule has 3 aliphatic rings. The van der Waals surface area contributed by atoms with E-state index in [1.54, 1.807) is 0 Å². The van der Waals surface area contributed by atoms with Gasteiger partial charge >= 0.3 is 0 Å². The second-order valence-corrected chi connectivity index (χ2v) is 16.4. The van der Waals surface area contributed by atoms with Crippen LogP contribution in [0.2, 0.25) is 0 Å². The van der Waals surface area contributed by atoms with Gasteiger partial charge in [0, 0.05) is 28.1 Å². The molecule has 0 N–H and O–H groups in total. The quantitative estimate of drug-likeness (QED) is 0.176. The molecule has 0 saturated carbocycles. The summed E-state index contributed by atoms with van der Waals surface area (Å²) in [5.41, 5.74) is 20.8. The molecule has 6 aromatic rings. The van der Waals surface area contributed by atoms with E-state index >= 15 is 0 Å². The molecule has 0 aliphatic heterocycles. The number of hydrogen-bond acceptors (Lipinski definition) is 1. The molecule has 52 heavy (non-hydrogen) atoms. The highest BCUT2D eigenvalue weighted by Crippen LogP contribution is 2.54. The minimum atomic E-state index is -0.103. The maximum atomic E-state index is 2.58. The minimum absolute atomic E-state index is 0.103. The number of rotatable bonds is 5. The summed E-state index contributed by atoms with van der Waals surface area (Å²) in [6, 6.07) is 46.2. The van der Waals surface area contributed by atoms with Crippen molar-refractivity contribution in [2.24, 2.45) is 5.92 Å². The van der Waals surface area contributed by atoms with Gasteiger partial charge in [0.25, 0.3) is 0 Å². The van der Waals surface area contributed by atoms with E-state index in [2.05, 4.69) is 199 Å². The molecule has 256 valence electrons. The molecule has 2 unspecified atom stereocenters. The summed E-state index contributed by atoms with van der Waals surface area (Å²) in [5.74, 6) is 0.594. The fraction of sp³-hybridized carbons (Fsp3) is 0.216. The first kappa shape index (κ1) is 32.5. The number of aryl methyl sites for hydroxylation is 2. The molecule has 0 bridgehead atoms. The minimum Gasteiger partial charge on any atom is -0.310 e. The van der Waals surface area contributed by atoms with E-state index in [-0.39, 0.29) is 16.7 Å². The lowest BCUT2D eigenvalue weighted by Crippen LogP contribution is -2.20. The van der Waals surface area contributed by atoms with Gasteiger partial charge < -0.3 is 4.90 Å². The zero-order chi connectivity index (χ0) is 35.9. The molecule has 0 heterocycles. The van der Waals surface area contributed by atoms with Gasteiger partial charge in [-0.3, -0.25) is 0 Å². The first-order chi connectivity index (χ1) is 25.0. The number of benzene rings is 6. The van der Waals surface area contributed by atoms with Gasteiger partial charge in [-0.05, 0) is 123 Å². The Morgan fingerprint density at radius 3 is 1.58 bits per heavy atom. The molecule has 9 rings (SSSR count). The Bertz CT molecular complexity index is 2340. The highest BCUT2D eigenvalue weighted by Gasteiger charge is 2.38. The van der Waals surface area contributed by atoms with Crippen molar-refractivity contribution in [2.75, 3.05) is 4.90 Å². The van der Waals surface area contributed by atoms with Crippen LogP contribution in [-0.2, 0) is 10.8 Å². The van der Waals surface area contributed by atoms with Crippen molar-refractivity contribution >= 4 is 17.1 Å². The van der Waals surface area contributed by atoms with E-state index < -0.39 is 0 Å². The fourth-order valence-corrected chi connectivity index (χ4v) is 9.45. The molecule has 2 atom stereocenters. The topological polar surface area (TPSA) is 3.24 Å². The summed E-state index contributed by atoms with van der Waals surface area (Å²) in [7, 11) is 0. The molecule has 1 heteroatoms. The third kappa shape index (κ3) is 4.90. The highest BCUT2D eigenvalue weighted by molar-refractivity contribution is 5.90. The number of anilines is 3. The van der Waals surface area contributed by atoms with Gasteiger partial charge in [-0.1, -0.05) is 149 Å². The number of hydrogen-bond donors (Lipinski definition) is 0. The van der Waals surface area contributed by atoms with Gasteiger partial charge in [0.2, 0.25) is 0 Å². The van der Waals surface area contributed by atoms with E-state index in [1.165, 1.54) is 89.4 Å². The van der Waals surface area contributed by atoms with Gasteiger partial charge in [0.15, 0.2) is 0 Å². The Labute approximate surface area is 310 Å². The fourth-order valence-electron chi connectivity index (χ4n) is 9.45. The van der Waals surface area contributed by atoms with Gasteiger partial charge in [-0.15, -0.1) is 0 Å². The largest absolute Gasteiger partial charge is 0.310 e. The molecule has 3 aliphatic carbocycles. The normalized spacial score (nSPS) is 18.4. The van der Waals surface area contributed by atoms with Crippen LogP contribution in [0.15, 0.2) is 146 Å². The van der Waals surface area contributed by atoms with Gasteiger partial charge in [0.1, 0.15) is 0 Å². The second-order valence-electron chi connectivity index (χ2n) is 16.4. The van der Waals surface area contributed by atoms with Gasteiger partial charge in [-0.25, -0.2) is 0 Å². The third-order valence-electron chi connectivity index (χ3n) is 12.4.